The highest BCUT2D eigenvalue weighted by Crippen LogP contribution is 2.36. The molecule has 0 radical (unpaired) electrons. The van der Waals surface area contributed by atoms with Crippen LogP contribution in [0.15, 0.2) is 18.3 Å². The van der Waals surface area contributed by atoms with Gasteiger partial charge < -0.3 is 4.98 Å². The molecule has 0 aliphatic carbocycles. The number of aryl methyl sites for hydroxylation is 1. The van der Waals surface area contributed by atoms with Crippen molar-refractivity contribution >= 4 is 22.5 Å². The molecule has 1 heterocycles. The fourth-order valence-corrected chi connectivity index (χ4v) is 2.51. The first-order valence-electron chi connectivity index (χ1n) is 5.18. The summed E-state index contributed by atoms with van der Waals surface area (Å²) in [5, 5.41) is 1.99. The van der Waals surface area contributed by atoms with Gasteiger partial charge in [-0.05, 0) is 29.5 Å². The minimum atomic E-state index is 0.120. The van der Waals surface area contributed by atoms with Gasteiger partial charge in [0.1, 0.15) is 0 Å². The predicted octanol–water partition coefficient (Wildman–Crippen LogP) is 4.43. The number of H-pyrrole nitrogens is 1. The summed E-state index contributed by atoms with van der Waals surface area (Å²) in [7, 11) is 0. The molecular formula is C13H16ClN. The second-order valence-electron chi connectivity index (χ2n) is 5.07. The second-order valence-corrected chi connectivity index (χ2v) is 5.47. The Morgan fingerprint density at radius 2 is 1.87 bits per heavy atom. The molecule has 0 spiro atoms. The molecule has 1 aromatic heterocycles. The molecule has 1 N–H and O–H groups in total. The molecule has 80 valence electrons. The topological polar surface area (TPSA) is 15.8 Å². The molecule has 0 atom stereocenters. The van der Waals surface area contributed by atoms with E-state index in [1.54, 1.807) is 0 Å². The Morgan fingerprint density at radius 1 is 1.20 bits per heavy atom. The monoisotopic (exact) mass is 221 g/mol. The van der Waals surface area contributed by atoms with Crippen LogP contribution in [0.4, 0.5) is 0 Å². The fourth-order valence-electron chi connectivity index (χ4n) is 2.25. The maximum Gasteiger partial charge on any atom is 0.0662 e. The summed E-state index contributed by atoms with van der Waals surface area (Å²) in [4.78, 5) is 3.20. The Kier molecular flexibility index (Phi) is 2.31. The maximum absolute atomic E-state index is 6.22. The number of rotatable bonds is 0. The van der Waals surface area contributed by atoms with Crippen molar-refractivity contribution in [2.45, 2.75) is 33.1 Å². The SMILES string of the molecule is Cc1ccc2[nH]cc(Cl)c2c1C(C)(C)C. The van der Waals surface area contributed by atoms with E-state index in [9.17, 15) is 0 Å². The lowest BCUT2D eigenvalue weighted by molar-refractivity contribution is 0.592. The first kappa shape index (κ1) is 10.6. The molecule has 15 heavy (non-hydrogen) atoms. The van der Waals surface area contributed by atoms with Crippen molar-refractivity contribution in [3.63, 3.8) is 0 Å². The predicted molar refractivity (Wildman–Crippen MR) is 66.7 cm³/mol. The molecule has 0 bridgehead atoms. The number of aromatic nitrogens is 1. The van der Waals surface area contributed by atoms with Crippen molar-refractivity contribution in [1.29, 1.82) is 0 Å². The van der Waals surface area contributed by atoms with Crippen molar-refractivity contribution in [3.8, 4) is 0 Å². The van der Waals surface area contributed by atoms with Gasteiger partial charge in [-0.1, -0.05) is 38.4 Å². The molecule has 0 saturated carbocycles. The van der Waals surface area contributed by atoms with Crippen LogP contribution in [0.2, 0.25) is 5.02 Å². The third-order valence-electron chi connectivity index (χ3n) is 2.76. The molecule has 2 aromatic rings. The molecule has 0 amide bonds. The third kappa shape index (κ3) is 1.65. The standard InChI is InChI=1S/C13H16ClN/c1-8-5-6-10-11(9(14)7-15-10)12(8)13(2,3)4/h5-7,15H,1-4H3. The van der Waals surface area contributed by atoms with Crippen LogP contribution in [0.1, 0.15) is 31.9 Å². The Labute approximate surface area is 95.5 Å². The largest absolute Gasteiger partial charge is 0.360 e. The van der Waals surface area contributed by atoms with E-state index < -0.39 is 0 Å². The third-order valence-corrected chi connectivity index (χ3v) is 3.05. The van der Waals surface area contributed by atoms with Gasteiger partial charge in [-0.25, -0.2) is 0 Å². The highest BCUT2D eigenvalue weighted by atomic mass is 35.5. The van der Waals surface area contributed by atoms with Crippen LogP contribution in [0.3, 0.4) is 0 Å². The smallest absolute Gasteiger partial charge is 0.0662 e. The normalized spacial score (nSPS) is 12.3. The molecule has 2 rings (SSSR count). The van der Waals surface area contributed by atoms with Crippen molar-refractivity contribution in [1.82, 2.24) is 4.98 Å². The van der Waals surface area contributed by atoms with E-state index in [4.69, 9.17) is 11.6 Å². The number of hydrogen-bond donors (Lipinski definition) is 1. The lowest BCUT2D eigenvalue weighted by Crippen LogP contribution is -2.13. The summed E-state index contributed by atoms with van der Waals surface area (Å²) in [6.45, 7) is 8.80. The molecule has 0 fully saturated rings. The number of fused-ring (bicyclic) bond motifs is 1. The number of halogens is 1. The van der Waals surface area contributed by atoms with Gasteiger partial charge in [0.2, 0.25) is 0 Å². The van der Waals surface area contributed by atoms with Crippen LogP contribution in [0.25, 0.3) is 10.9 Å². The Balaban J connectivity index is 2.90. The van der Waals surface area contributed by atoms with Gasteiger partial charge in [0.05, 0.1) is 5.02 Å². The van der Waals surface area contributed by atoms with Gasteiger partial charge in [0.15, 0.2) is 0 Å². The van der Waals surface area contributed by atoms with Crippen molar-refractivity contribution in [2.24, 2.45) is 0 Å². The van der Waals surface area contributed by atoms with Gasteiger partial charge in [-0.15, -0.1) is 0 Å². The van der Waals surface area contributed by atoms with Crippen LogP contribution in [0.5, 0.6) is 0 Å². The van der Waals surface area contributed by atoms with Crippen LogP contribution < -0.4 is 0 Å². The molecule has 0 unspecified atom stereocenters. The average molecular weight is 222 g/mol. The van der Waals surface area contributed by atoms with Crippen molar-refractivity contribution < 1.29 is 0 Å². The van der Waals surface area contributed by atoms with E-state index >= 15 is 0 Å². The Bertz CT molecular complexity index is 503. The number of aromatic amines is 1. The highest BCUT2D eigenvalue weighted by molar-refractivity contribution is 6.36. The van der Waals surface area contributed by atoms with Gasteiger partial charge in [0, 0.05) is 17.1 Å². The van der Waals surface area contributed by atoms with E-state index in [0.29, 0.717) is 0 Å². The summed E-state index contributed by atoms with van der Waals surface area (Å²) in [5.74, 6) is 0. The summed E-state index contributed by atoms with van der Waals surface area (Å²) >= 11 is 6.22. The zero-order valence-corrected chi connectivity index (χ0v) is 10.4. The molecule has 0 aliphatic rings. The summed E-state index contributed by atoms with van der Waals surface area (Å²) in [6, 6.07) is 4.24. The van der Waals surface area contributed by atoms with Gasteiger partial charge in [-0.3, -0.25) is 0 Å². The number of nitrogens with one attached hydrogen (secondary N) is 1. The fraction of sp³-hybridized carbons (Fsp3) is 0.385. The summed E-state index contributed by atoms with van der Waals surface area (Å²) < 4.78 is 0. The van der Waals surface area contributed by atoms with Crippen LogP contribution in [0, 0.1) is 6.92 Å². The molecule has 1 aromatic carbocycles. The van der Waals surface area contributed by atoms with Crippen LogP contribution in [-0.4, -0.2) is 4.98 Å². The second kappa shape index (κ2) is 3.28. The summed E-state index contributed by atoms with van der Waals surface area (Å²) in [6.07, 6.45) is 1.86. The van der Waals surface area contributed by atoms with Crippen molar-refractivity contribution in [3.05, 3.63) is 34.5 Å². The zero-order chi connectivity index (χ0) is 11.2. The first-order chi connectivity index (χ1) is 6.91. The van der Waals surface area contributed by atoms with Gasteiger partial charge in [-0.2, -0.15) is 0 Å². The van der Waals surface area contributed by atoms with Crippen LogP contribution >= 0.6 is 11.6 Å². The Hall–Kier alpha value is -0.950. The first-order valence-corrected chi connectivity index (χ1v) is 5.55. The minimum Gasteiger partial charge on any atom is -0.360 e. The lowest BCUT2D eigenvalue weighted by Gasteiger charge is -2.23. The number of hydrogen-bond acceptors (Lipinski definition) is 0. The van der Waals surface area contributed by atoms with E-state index in [-0.39, 0.29) is 5.41 Å². The molecular weight excluding hydrogens is 206 g/mol. The minimum absolute atomic E-state index is 0.120. The molecule has 2 heteroatoms. The molecule has 0 saturated heterocycles. The van der Waals surface area contributed by atoms with Crippen LogP contribution in [-0.2, 0) is 5.41 Å². The van der Waals surface area contributed by atoms with E-state index in [2.05, 4.69) is 44.8 Å². The zero-order valence-electron chi connectivity index (χ0n) is 9.61. The Morgan fingerprint density at radius 3 is 2.47 bits per heavy atom. The average Bonchev–Trinajstić information content (AvgIpc) is 2.46. The van der Waals surface area contributed by atoms with Crippen molar-refractivity contribution in [2.75, 3.05) is 0 Å². The summed E-state index contributed by atoms with van der Waals surface area (Å²) in [5.41, 5.74) is 3.88. The maximum atomic E-state index is 6.22. The van der Waals surface area contributed by atoms with Gasteiger partial charge >= 0.3 is 0 Å². The van der Waals surface area contributed by atoms with Gasteiger partial charge in [0.25, 0.3) is 0 Å². The van der Waals surface area contributed by atoms with E-state index in [0.717, 1.165) is 10.5 Å². The highest BCUT2D eigenvalue weighted by Gasteiger charge is 2.21. The molecule has 0 aliphatic heterocycles. The van der Waals surface area contributed by atoms with E-state index in [1.165, 1.54) is 16.5 Å². The van der Waals surface area contributed by atoms with E-state index in [1.807, 2.05) is 6.20 Å². The quantitative estimate of drug-likeness (QED) is 0.678. The lowest BCUT2D eigenvalue weighted by atomic mass is 9.82. The number of benzene rings is 1. The molecule has 1 nitrogen and oxygen atoms in total.